The fraction of sp³-hybridized carbons (Fsp3) is 0.500. The average Bonchev–Trinajstić information content (AvgIpc) is 2.63. The van der Waals surface area contributed by atoms with Crippen molar-refractivity contribution in [1.29, 1.82) is 0 Å². The lowest BCUT2D eigenvalue weighted by atomic mass is 9.95. The van der Waals surface area contributed by atoms with Crippen LogP contribution in [-0.2, 0) is 19.4 Å². The molecule has 2 aromatic rings. The molecule has 1 saturated heterocycles. The van der Waals surface area contributed by atoms with Crippen LogP contribution in [0, 0.1) is 5.92 Å². The number of para-hydroxylation sites is 1. The Bertz CT molecular complexity index is 727. The minimum absolute atomic E-state index is 0.674. The van der Waals surface area contributed by atoms with Crippen LogP contribution in [0.4, 0.5) is 5.82 Å². The zero-order chi connectivity index (χ0) is 17.1. The molecule has 0 spiro atoms. The topological polar surface area (TPSA) is 50.3 Å². The number of methoxy groups -OCH3 is 1. The summed E-state index contributed by atoms with van der Waals surface area (Å²) in [5, 5.41) is 12.4. The van der Waals surface area contributed by atoms with E-state index in [-0.39, 0.29) is 0 Å². The van der Waals surface area contributed by atoms with E-state index in [2.05, 4.69) is 38.6 Å². The van der Waals surface area contributed by atoms with Crippen LogP contribution in [-0.4, -0.2) is 36.9 Å². The molecule has 2 aliphatic rings. The second kappa shape index (κ2) is 7.40. The van der Waals surface area contributed by atoms with Gasteiger partial charge in [0, 0.05) is 37.7 Å². The summed E-state index contributed by atoms with van der Waals surface area (Å²) < 4.78 is 5.40. The summed E-state index contributed by atoms with van der Waals surface area (Å²) in [5.41, 5.74) is 3.83. The SMILES string of the molecule is COc1ccccc1CNCC1CN(c2cc3c(nn2)CCCC3)C1. The van der Waals surface area contributed by atoms with Crippen LogP contribution in [0.1, 0.15) is 29.7 Å². The fourth-order valence-corrected chi connectivity index (χ4v) is 3.78. The van der Waals surface area contributed by atoms with Gasteiger partial charge in [-0.2, -0.15) is 5.10 Å². The number of hydrogen-bond acceptors (Lipinski definition) is 5. The Morgan fingerprint density at radius 1 is 1.16 bits per heavy atom. The van der Waals surface area contributed by atoms with Crippen LogP contribution >= 0.6 is 0 Å². The van der Waals surface area contributed by atoms with Gasteiger partial charge in [0.2, 0.25) is 0 Å². The Hall–Kier alpha value is -2.14. The molecule has 0 unspecified atom stereocenters. The molecule has 1 aromatic carbocycles. The minimum Gasteiger partial charge on any atom is -0.496 e. The lowest BCUT2D eigenvalue weighted by molar-refractivity contribution is 0.375. The number of anilines is 1. The van der Waals surface area contributed by atoms with Crippen LogP contribution in [0.2, 0.25) is 0 Å². The van der Waals surface area contributed by atoms with Crippen molar-refractivity contribution in [3.63, 3.8) is 0 Å². The molecule has 5 nitrogen and oxygen atoms in total. The van der Waals surface area contributed by atoms with Gasteiger partial charge in [-0.25, -0.2) is 0 Å². The number of fused-ring (bicyclic) bond motifs is 1. The molecule has 1 aliphatic heterocycles. The van der Waals surface area contributed by atoms with Gasteiger partial charge in [0.25, 0.3) is 0 Å². The molecule has 0 amide bonds. The summed E-state index contributed by atoms with van der Waals surface area (Å²) in [7, 11) is 1.72. The number of ether oxygens (including phenoxy) is 1. The van der Waals surface area contributed by atoms with Crippen LogP contribution in [0.3, 0.4) is 0 Å². The molecule has 1 N–H and O–H groups in total. The molecular weight excluding hydrogens is 312 g/mol. The van der Waals surface area contributed by atoms with E-state index >= 15 is 0 Å². The number of rotatable bonds is 6. The summed E-state index contributed by atoms with van der Waals surface area (Å²) >= 11 is 0. The van der Waals surface area contributed by atoms with E-state index < -0.39 is 0 Å². The van der Waals surface area contributed by atoms with Crippen molar-refractivity contribution in [2.75, 3.05) is 31.6 Å². The van der Waals surface area contributed by atoms with Crippen molar-refractivity contribution >= 4 is 5.82 Å². The highest BCUT2D eigenvalue weighted by Crippen LogP contribution is 2.26. The second-order valence-electron chi connectivity index (χ2n) is 7.10. The summed E-state index contributed by atoms with van der Waals surface area (Å²) in [6, 6.07) is 10.4. The third-order valence-corrected chi connectivity index (χ3v) is 5.28. The quantitative estimate of drug-likeness (QED) is 0.877. The van der Waals surface area contributed by atoms with Crippen molar-refractivity contribution in [2.24, 2.45) is 5.92 Å². The van der Waals surface area contributed by atoms with Crippen molar-refractivity contribution in [1.82, 2.24) is 15.5 Å². The summed E-state index contributed by atoms with van der Waals surface area (Å²) in [5.74, 6) is 2.68. The van der Waals surface area contributed by atoms with Gasteiger partial charge in [0.1, 0.15) is 5.75 Å². The highest BCUT2D eigenvalue weighted by atomic mass is 16.5. The first-order valence-corrected chi connectivity index (χ1v) is 9.26. The standard InChI is InChI=1S/C20H26N4O/c1-25-19-9-5-3-7-17(19)12-21-11-15-13-24(14-15)20-10-16-6-2-4-8-18(16)22-23-20/h3,5,7,9-10,15,21H,2,4,6,8,11-14H2,1H3. The Morgan fingerprint density at radius 3 is 2.88 bits per heavy atom. The Morgan fingerprint density at radius 2 is 2.00 bits per heavy atom. The van der Waals surface area contributed by atoms with E-state index in [4.69, 9.17) is 4.74 Å². The molecule has 0 saturated carbocycles. The van der Waals surface area contributed by atoms with Crippen molar-refractivity contribution < 1.29 is 4.74 Å². The number of hydrogen-bond donors (Lipinski definition) is 1. The predicted molar refractivity (Wildman–Crippen MR) is 99.1 cm³/mol. The number of benzene rings is 1. The minimum atomic E-state index is 0.674. The first-order chi connectivity index (χ1) is 12.3. The highest BCUT2D eigenvalue weighted by molar-refractivity contribution is 5.44. The van der Waals surface area contributed by atoms with Gasteiger partial charge in [0.05, 0.1) is 12.8 Å². The molecule has 2 heterocycles. The highest BCUT2D eigenvalue weighted by Gasteiger charge is 2.28. The average molecular weight is 338 g/mol. The van der Waals surface area contributed by atoms with Gasteiger partial charge in [-0.15, -0.1) is 5.10 Å². The molecule has 0 radical (unpaired) electrons. The molecule has 1 aromatic heterocycles. The number of aromatic nitrogens is 2. The first-order valence-electron chi connectivity index (χ1n) is 9.26. The summed E-state index contributed by atoms with van der Waals surface area (Å²) in [6.07, 6.45) is 4.80. The van der Waals surface area contributed by atoms with E-state index in [0.29, 0.717) is 5.92 Å². The van der Waals surface area contributed by atoms with Crippen molar-refractivity contribution in [3.8, 4) is 5.75 Å². The summed E-state index contributed by atoms with van der Waals surface area (Å²) in [6.45, 7) is 3.99. The maximum absolute atomic E-state index is 5.40. The second-order valence-corrected chi connectivity index (χ2v) is 7.10. The predicted octanol–water partition coefficient (Wildman–Crippen LogP) is 2.59. The zero-order valence-electron chi connectivity index (χ0n) is 14.9. The van der Waals surface area contributed by atoms with Crippen LogP contribution < -0.4 is 15.0 Å². The smallest absolute Gasteiger partial charge is 0.151 e. The van der Waals surface area contributed by atoms with E-state index in [1.807, 2.05) is 12.1 Å². The normalized spacial score (nSPS) is 17.1. The Kier molecular flexibility index (Phi) is 4.83. The Balaban J connectivity index is 1.25. The van der Waals surface area contributed by atoms with Gasteiger partial charge >= 0.3 is 0 Å². The molecule has 1 fully saturated rings. The molecule has 25 heavy (non-hydrogen) atoms. The molecular formula is C20H26N4O. The number of nitrogens with zero attached hydrogens (tertiary/aromatic N) is 3. The van der Waals surface area contributed by atoms with Crippen molar-refractivity contribution in [2.45, 2.75) is 32.2 Å². The number of nitrogens with one attached hydrogen (secondary N) is 1. The lowest BCUT2D eigenvalue weighted by Crippen LogP contribution is -2.51. The molecule has 0 atom stereocenters. The van der Waals surface area contributed by atoms with Crippen LogP contribution in [0.15, 0.2) is 30.3 Å². The largest absolute Gasteiger partial charge is 0.496 e. The fourth-order valence-electron chi connectivity index (χ4n) is 3.78. The van der Waals surface area contributed by atoms with Gasteiger partial charge < -0.3 is 15.0 Å². The van der Waals surface area contributed by atoms with Crippen LogP contribution in [0.5, 0.6) is 5.75 Å². The van der Waals surface area contributed by atoms with Crippen molar-refractivity contribution in [3.05, 3.63) is 47.2 Å². The summed E-state index contributed by atoms with van der Waals surface area (Å²) in [4.78, 5) is 2.34. The third kappa shape index (κ3) is 3.61. The maximum atomic E-state index is 5.40. The molecule has 0 bridgehead atoms. The lowest BCUT2D eigenvalue weighted by Gasteiger charge is -2.40. The maximum Gasteiger partial charge on any atom is 0.151 e. The van der Waals surface area contributed by atoms with Gasteiger partial charge in [-0.05, 0) is 43.4 Å². The zero-order valence-corrected chi connectivity index (χ0v) is 14.9. The van der Waals surface area contributed by atoms with Gasteiger partial charge in [-0.1, -0.05) is 18.2 Å². The molecule has 1 aliphatic carbocycles. The van der Waals surface area contributed by atoms with Crippen LogP contribution in [0.25, 0.3) is 0 Å². The van der Waals surface area contributed by atoms with Gasteiger partial charge in [0.15, 0.2) is 5.82 Å². The molecule has 4 rings (SSSR count). The van der Waals surface area contributed by atoms with E-state index in [0.717, 1.165) is 50.6 Å². The third-order valence-electron chi connectivity index (χ3n) is 5.28. The first kappa shape index (κ1) is 16.3. The number of aryl methyl sites for hydroxylation is 2. The monoisotopic (exact) mass is 338 g/mol. The van der Waals surface area contributed by atoms with E-state index in [1.54, 1.807) is 7.11 Å². The molecule has 5 heteroatoms. The molecule has 132 valence electrons. The Labute approximate surface area is 149 Å². The van der Waals surface area contributed by atoms with E-state index in [9.17, 15) is 0 Å². The van der Waals surface area contributed by atoms with E-state index in [1.165, 1.54) is 29.7 Å². The van der Waals surface area contributed by atoms with Gasteiger partial charge in [-0.3, -0.25) is 0 Å².